The van der Waals surface area contributed by atoms with E-state index >= 15 is 0 Å². The third kappa shape index (κ3) is 5.05. The molecule has 0 unspecified atom stereocenters. The van der Waals surface area contributed by atoms with Gasteiger partial charge in [-0.1, -0.05) is 54.6 Å². The van der Waals surface area contributed by atoms with Gasteiger partial charge in [-0.15, -0.1) is 6.58 Å². The molecule has 0 bridgehead atoms. The number of benzene rings is 3. The molecule has 0 spiro atoms. The molecule has 0 saturated carbocycles. The molecule has 1 N–H and O–H groups in total. The van der Waals surface area contributed by atoms with Crippen LogP contribution in [0, 0.1) is 6.92 Å². The minimum absolute atomic E-state index is 0.164. The Kier molecular flexibility index (Phi) is 7.30. The van der Waals surface area contributed by atoms with E-state index in [1.54, 1.807) is 37.3 Å². The number of imide groups is 2. The van der Waals surface area contributed by atoms with Gasteiger partial charge < -0.3 is 9.47 Å². The normalized spacial score (nSPS) is 14.6. The highest BCUT2D eigenvalue weighted by molar-refractivity contribution is 6.39. The van der Waals surface area contributed by atoms with Crippen molar-refractivity contribution in [2.75, 3.05) is 12.0 Å². The predicted molar refractivity (Wildman–Crippen MR) is 138 cm³/mol. The van der Waals surface area contributed by atoms with Crippen LogP contribution in [0.4, 0.5) is 10.5 Å². The lowest BCUT2D eigenvalue weighted by Crippen LogP contribution is -2.54. The predicted octanol–water partition coefficient (Wildman–Crippen LogP) is 4.98. The van der Waals surface area contributed by atoms with Gasteiger partial charge in [-0.05, 0) is 54.3 Å². The largest absolute Gasteiger partial charge is 0.493 e. The van der Waals surface area contributed by atoms with E-state index in [0.717, 1.165) is 21.6 Å². The summed E-state index contributed by atoms with van der Waals surface area (Å²) in [4.78, 5) is 39.5. The van der Waals surface area contributed by atoms with E-state index in [-0.39, 0.29) is 5.57 Å². The third-order valence-corrected chi connectivity index (χ3v) is 5.73. The molecule has 1 aliphatic rings. The Balaban J connectivity index is 1.72. The average Bonchev–Trinajstić information content (AvgIpc) is 2.87. The van der Waals surface area contributed by atoms with Crippen LogP contribution in [0.5, 0.6) is 11.5 Å². The van der Waals surface area contributed by atoms with Crippen molar-refractivity contribution < 1.29 is 23.9 Å². The number of rotatable bonds is 8. The molecule has 0 atom stereocenters. The van der Waals surface area contributed by atoms with Crippen LogP contribution in [0.25, 0.3) is 6.08 Å². The zero-order valence-corrected chi connectivity index (χ0v) is 20.1. The van der Waals surface area contributed by atoms with Crippen molar-refractivity contribution in [1.82, 2.24) is 5.32 Å². The molecule has 36 heavy (non-hydrogen) atoms. The summed E-state index contributed by atoms with van der Waals surface area (Å²) in [7, 11) is 1.52. The molecule has 182 valence electrons. The third-order valence-electron chi connectivity index (χ3n) is 5.73. The number of allylic oxidation sites excluding steroid dienone is 1. The molecule has 7 nitrogen and oxygen atoms in total. The summed E-state index contributed by atoms with van der Waals surface area (Å²) in [6, 6.07) is 19.4. The maximum atomic E-state index is 13.3. The standard InChI is InChI=1S/C29H26N2O5/c1-4-10-22-15-21(17-25(35-3)26(22)36-18-20-12-6-5-7-13-20)16-23-27(32)30-29(34)31(28(23)33)24-14-9-8-11-19(24)2/h4-9,11-17H,1,10,18H2,2-3H3,(H,30,32,34)/b23-16+. The maximum Gasteiger partial charge on any atom is 0.335 e. The zero-order valence-electron chi connectivity index (χ0n) is 20.1. The highest BCUT2D eigenvalue weighted by atomic mass is 16.5. The molecule has 1 fully saturated rings. The van der Waals surface area contributed by atoms with Crippen LogP contribution in [0.3, 0.4) is 0 Å². The zero-order chi connectivity index (χ0) is 25.7. The first-order valence-corrected chi connectivity index (χ1v) is 11.4. The number of hydrogen-bond acceptors (Lipinski definition) is 5. The van der Waals surface area contributed by atoms with Crippen molar-refractivity contribution >= 4 is 29.6 Å². The second kappa shape index (κ2) is 10.7. The average molecular weight is 483 g/mol. The highest BCUT2D eigenvalue weighted by Gasteiger charge is 2.37. The van der Waals surface area contributed by atoms with Crippen molar-refractivity contribution in [2.24, 2.45) is 0 Å². The van der Waals surface area contributed by atoms with Crippen LogP contribution in [0.15, 0.2) is 85.0 Å². The van der Waals surface area contributed by atoms with Crippen LogP contribution in [-0.4, -0.2) is 25.0 Å². The molecule has 3 aromatic rings. The smallest absolute Gasteiger partial charge is 0.335 e. The summed E-state index contributed by atoms with van der Waals surface area (Å²) in [6.07, 6.45) is 3.66. The molecule has 1 heterocycles. The topological polar surface area (TPSA) is 84.9 Å². The fourth-order valence-corrected chi connectivity index (χ4v) is 3.98. The molecular formula is C29H26N2O5. The van der Waals surface area contributed by atoms with E-state index in [1.807, 2.05) is 42.5 Å². The van der Waals surface area contributed by atoms with Gasteiger partial charge in [0.05, 0.1) is 12.8 Å². The first-order chi connectivity index (χ1) is 17.4. The monoisotopic (exact) mass is 482 g/mol. The van der Waals surface area contributed by atoms with Gasteiger partial charge in [0.25, 0.3) is 11.8 Å². The van der Waals surface area contributed by atoms with Crippen molar-refractivity contribution in [1.29, 1.82) is 0 Å². The van der Waals surface area contributed by atoms with E-state index in [9.17, 15) is 14.4 Å². The SMILES string of the molecule is C=CCc1cc(/C=C2\C(=O)NC(=O)N(c3ccccc3C)C2=O)cc(OC)c1OCc1ccccc1. The molecule has 7 heteroatoms. The van der Waals surface area contributed by atoms with Gasteiger partial charge in [0, 0.05) is 5.56 Å². The van der Waals surface area contributed by atoms with Crippen LogP contribution in [0.1, 0.15) is 22.3 Å². The van der Waals surface area contributed by atoms with Crippen molar-refractivity contribution in [3.05, 3.63) is 107 Å². The van der Waals surface area contributed by atoms with E-state index < -0.39 is 17.8 Å². The highest BCUT2D eigenvalue weighted by Crippen LogP contribution is 2.35. The summed E-state index contributed by atoms with van der Waals surface area (Å²) in [5.41, 5.74) is 3.30. The number of urea groups is 1. The summed E-state index contributed by atoms with van der Waals surface area (Å²) in [5.74, 6) is -0.456. The van der Waals surface area contributed by atoms with E-state index in [2.05, 4.69) is 11.9 Å². The van der Waals surface area contributed by atoms with Gasteiger partial charge in [0.1, 0.15) is 12.2 Å². The van der Waals surface area contributed by atoms with Crippen LogP contribution in [0.2, 0.25) is 0 Å². The number of methoxy groups -OCH3 is 1. The number of anilines is 1. The summed E-state index contributed by atoms with van der Waals surface area (Å²) >= 11 is 0. The first-order valence-electron chi connectivity index (χ1n) is 11.4. The number of amides is 4. The number of nitrogens with zero attached hydrogens (tertiary/aromatic N) is 1. The lowest BCUT2D eigenvalue weighted by molar-refractivity contribution is -0.122. The molecule has 4 amide bonds. The van der Waals surface area contributed by atoms with Gasteiger partial charge in [0.15, 0.2) is 11.5 Å². The second-order valence-corrected chi connectivity index (χ2v) is 8.22. The van der Waals surface area contributed by atoms with Crippen molar-refractivity contribution in [2.45, 2.75) is 20.0 Å². The van der Waals surface area contributed by atoms with Crippen molar-refractivity contribution in [3.63, 3.8) is 0 Å². The van der Waals surface area contributed by atoms with Gasteiger partial charge in [-0.25, -0.2) is 9.69 Å². The number of hydrogen-bond donors (Lipinski definition) is 1. The molecule has 1 saturated heterocycles. The van der Waals surface area contributed by atoms with Gasteiger partial charge in [0.2, 0.25) is 0 Å². The minimum Gasteiger partial charge on any atom is -0.493 e. The van der Waals surface area contributed by atoms with Crippen LogP contribution < -0.4 is 19.7 Å². The second-order valence-electron chi connectivity index (χ2n) is 8.22. The Labute approximate surface area is 209 Å². The molecule has 0 aromatic heterocycles. The Hall–Kier alpha value is -4.65. The molecule has 0 aliphatic carbocycles. The molecule has 1 aliphatic heterocycles. The Morgan fingerprint density at radius 2 is 1.72 bits per heavy atom. The van der Waals surface area contributed by atoms with Gasteiger partial charge in [-0.3, -0.25) is 14.9 Å². The first kappa shape index (κ1) is 24.5. The number of nitrogens with one attached hydrogen (secondary N) is 1. The number of barbiturate groups is 1. The number of aryl methyl sites for hydroxylation is 1. The molecule has 0 radical (unpaired) electrons. The lowest BCUT2D eigenvalue weighted by atomic mass is 10.0. The van der Waals surface area contributed by atoms with Crippen molar-refractivity contribution in [3.8, 4) is 11.5 Å². The molecule has 3 aromatic carbocycles. The summed E-state index contributed by atoms with van der Waals surface area (Å²) < 4.78 is 11.7. The fourth-order valence-electron chi connectivity index (χ4n) is 3.98. The number of carbonyl (C=O) groups excluding carboxylic acids is 3. The van der Waals surface area contributed by atoms with Gasteiger partial charge >= 0.3 is 6.03 Å². The Morgan fingerprint density at radius 3 is 2.42 bits per heavy atom. The lowest BCUT2D eigenvalue weighted by Gasteiger charge is -2.27. The number of carbonyl (C=O) groups is 3. The molecular weight excluding hydrogens is 456 g/mol. The number of ether oxygens (including phenoxy) is 2. The molecule has 4 rings (SSSR count). The van der Waals surface area contributed by atoms with Crippen LogP contribution >= 0.6 is 0 Å². The summed E-state index contributed by atoms with van der Waals surface area (Å²) in [5, 5.41) is 2.26. The quantitative estimate of drug-likeness (QED) is 0.278. The summed E-state index contributed by atoms with van der Waals surface area (Å²) in [6.45, 7) is 5.96. The maximum absolute atomic E-state index is 13.3. The minimum atomic E-state index is -0.786. The fraction of sp³-hybridized carbons (Fsp3) is 0.138. The van der Waals surface area contributed by atoms with E-state index in [1.165, 1.54) is 13.2 Å². The van der Waals surface area contributed by atoms with E-state index in [4.69, 9.17) is 9.47 Å². The number of para-hydroxylation sites is 1. The van der Waals surface area contributed by atoms with E-state index in [0.29, 0.717) is 35.8 Å². The van der Waals surface area contributed by atoms with Gasteiger partial charge in [-0.2, -0.15) is 0 Å². The van der Waals surface area contributed by atoms with Crippen LogP contribution in [-0.2, 0) is 22.6 Å². The Morgan fingerprint density at radius 1 is 1.00 bits per heavy atom. The Bertz CT molecular complexity index is 1360.